The van der Waals surface area contributed by atoms with Crippen molar-refractivity contribution in [1.82, 2.24) is 15.2 Å². The molecule has 0 amide bonds. The normalized spacial score (nSPS) is 15.2. The number of rotatable bonds is 5. The summed E-state index contributed by atoms with van der Waals surface area (Å²) in [5.41, 5.74) is 4.61. The fourth-order valence-corrected chi connectivity index (χ4v) is 3.15. The van der Waals surface area contributed by atoms with Crippen LogP contribution < -0.4 is 5.32 Å². The third-order valence-electron chi connectivity index (χ3n) is 4.42. The number of fused-ring (bicyclic) bond motifs is 2. The zero-order chi connectivity index (χ0) is 15.5. The van der Waals surface area contributed by atoms with Gasteiger partial charge in [-0.3, -0.25) is 4.98 Å². The van der Waals surface area contributed by atoms with Crippen molar-refractivity contribution in [2.24, 2.45) is 0 Å². The van der Waals surface area contributed by atoms with Crippen LogP contribution in [0.3, 0.4) is 0 Å². The van der Waals surface area contributed by atoms with Crippen molar-refractivity contribution in [2.75, 3.05) is 20.1 Å². The summed E-state index contributed by atoms with van der Waals surface area (Å²) in [6.07, 6.45) is 3.32. The maximum Gasteiger partial charge on any atom is 0.123 e. The molecule has 0 atom stereocenters. The average molecular weight is 301 g/mol. The molecular weight excluding hydrogens is 277 g/mol. The van der Waals surface area contributed by atoms with Gasteiger partial charge >= 0.3 is 0 Å². The third-order valence-corrected chi connectivity index (χ3v) is 4.42. The fourth-order valence-electron chi connectivity index (χ4n) is 3.15. The topological polar surface area (TPSA) is 28.2 Å². The molecule has 0 saturated carbocycles. The SMILES string of the molecule is CCCCNCc1c2c(nc3ccc(F)cc13)CCN(C)C2. The molecule has 1 aliphatic heterocycles. The number of aromatic nitrogens is 1. The van der Waals surface area contributed by atoms with Crippen molar-refractivity contribution in [3.63, 3.8) is 0 Å². The van der Waals surface area contributed by atoms with E-state index >= 15 is 0 Å². The van der Waals surface area contributed by atoms with E-state index in [0.29, 0.717) is 0 Å². The van der Waals surface area contributed by atoms with Crippen LogP contribution in [0.1, 0.15) is 36.6 Å². The van der Waals surface area contributed by atoms with Gasteiger partial charge in [-0.15, -0.1) is 0 Å². The first-order valence-corrected chi connectivity index (χ1v) is 8.18. The molecule has 4 heteroatoms. The van der Waals surface area contributed by atoms with Crippen molar-refractivity contribution >= 4 is 10.9 Å². The summed E-state index contributed by atoms with van der Waals surface area (Å²) in [6, 6.07) is 4.94. The van der Waals surface area contributed by atoms with Gasteiger partial charge in [0.2, 0.25) is 0 Å². The quantitative estimate of drug-likeness (QED) is 0.859. The largest absolute Gasteiger partial charge is 0.313 e. The van der Waals surface area contributed by atoms with Crippen molar-refractivity contribution in [1.29, 1.82) is 0 Å². The molecule has 22 heavy (non-hydrogen) atoms. The number of nitrogens with zero attached hydrogens (tertiary/aromatic N) is 2. The molecule has 0 saturated heterocycles. The van der Waals surface area contributed by atoms with Crippen LogP contribution in [0.25, 0.3) is 10.9 Å². The first kappa shape index (κ1) is 15.4. The van der Waals surface area contributed by atoms with Gasteiger partial charge in [0.25, 0.3) is 0 Å². The fraction of sp³-hybridized carbons (Fsp3) is 0.500. The highest BCUT2D eigenvalue weighted by Crippen LogP contribution is 2.28. The number of hydrogen-bond donors (Lipinski definition) is 1. The molecule has 2 aromatic rings. The lowest BCUT2D eigenvalue weighted by molar-refractivity contribution is 0.308. The molecule has 1 aromatic carbocycles. The van der Waals surface area contributed by atoms with Crippen molar-refractivity contribution in [3.8, 4) is 0 Å². The molecule has 2 heterocycles. The van der Waals surface area contributed by atoms with Gasteiger partial charge in [0.1, 0.15) is 5.82 Å². The molecule has 1 N–H and O–H groups in total. The summed E-state index contributed by atoms with van der Waals surface area (Å²) in [4.78, 5) is 7.09. The van der Waals surface area contributed by atoms with E-state index in [4.69, 9.17) is 4.98 Å². The number of unbranched alkanes of at least 4 members (excludes halogenated alkanes) is 1. The highest BCUT2D eigenvalue weighted by atomic mass is 19.1. The predicted octanol–water partition coefficient (Wildman–Crippen LogP) is 3.25. The summed E-state index contributed by atoms with van der Waals surface area (Å²) < 4.78 is 13.7. The maximum absolute atomic E-state index is 13.7. The molecule has 0 radical (unpaired) electrons. The zero-order valence-corrected chi connectivity index (χ0v) is 13.5. The molecule has 118 valence electrons. The van der Waals surface area contributed by atoms with Gasteiger partial charge in [-0.1, -0.05) is 13.3 Å². The smallest absolute Gasteiger partial charge is 0.123 e. The zero-order valence-electron chi connectivity index (χ0n) is 13.5. The van der Waals surface area contributed by atoms with E-state index in [-0.39, 0.29) is 5.82 Å². The molecule has 3 nitrogen and oxygen atoms in total. The summed E-state index contributed by atoms with van der Waals surface area (Å²) in [7, 11) is 2.13. The van der Waals surface area contributed by atoms with Gasteiger partial charge < -0.3 is 10.2 Å². The summed E-state index contributed by atoms with van der Waals surface area (Å²) >= 11 is 0. The Bertz CT molecular complexity index is 669. The van der Waals surface area contributed by atoms with Crippen LogP contribution in [0.15, 0.2) is 18.2 Å². The third kappa shape index (κ3) is 3.13. The van der Waals surface area contributed by atoms with Gasteiger partial charge in [-0.25, -0.2) is 4.39 Å². The first-order valence-electron chi connectivity index (χ1n) is 8.18. The van der Waals surface area contributed by atoms with Gasteiger partial charge in [-0.2, -0.15) is 0 Å². The molecule has 0 spiro atoms. The van der Waals surface area contributed by atoms with Crippen LogP contribution in [0, 0.1) is 5.82 Å². The van der Waals surface area contributed by atoms with E-state index in [0.717, 1.165) is 43.5 Å². The molecule has 1 aromatic heterocycles. The summed E-state index contributed by atoms with van der Waals surface area (Å²) in [6.45, 7) is 5.92. The van der Waals surface area contributed by atoms with Gasteiger partial charge in [0.15, 0.2) is 0 Å². The second-order valence-corrected chi connectivity index (χ2v) is 6.20. The maximum atomic E-state index is 13.7. The number of pyridine rings is 1. The van der Waals surface area contributed by atoms with Crippen LogP contribution in [-0.4, -0.2) is 30.0 Å². The summed E-state index contributed by atoms with van der Waals surface area (Å²) in [5, 5.41) is 4.47. The number of nitrogens with one attached hydrogen (secondary N) is 1. The Morgan fingerprint density at radius 3 is 3.05 bits per heavy atom. The molecule has 1 aliphatic rings. The summed E-state index contributed by atoms with van der Waals surface area (Å²) in [5.74, 6) is -0.187. The van der Waals surface area contributed by atoms with Gasteiger partial charge in [-0.05, 0) is 49.3 Å². The molecule has 0 unspecified atom stereocenters. The van der Waals surface area contributed by atoms with E-state index in [1.165, 1.54) is 35.7 Å². The van der Waals surface area contributed by atoms with Crippen LogP contribution >= 0.6 is 0 Å². The highest BCUT2D eigenvalue weighted by molar-refractivity contribution is 5.84. The Morgan fingerprint density at radius 2 is 2.23 bits per heavy atom. The van der Waals surface area contributed by atoms with Crippen molar-refractivity contribution in [2.45, 2.75) is 39.3 Å². The lowest BCUT2D eigenvalue weighted by Gasteiger charge is -2.27. The Hall–Kier alpha value is -1.52. The minimum Gasteiger partial charge on any atom is -0.313 e. The Kier molecular flexibility index (Phi) is 4.69. The minimum atomic E-state index is -0.187. The molecule has 0 bridgehead atoms. The van der Waals surface area contributed by atoms with E-state index in [2.05, 4.69) is 24.2 Å². The average Bonchev–Trinajstić information content (AvgIpc) is 2.51. The van der Waals surface area contributed by atoms with Crippen LogP contribution in [0.4, 0.5) is 4.39 Å². The van der Waals surface area contributed by atoms with Crippen molar-refractivity contribution < 1.29 is 4.39 Å². The van der Waals surface area contributed by atoms with Crippen LogP contribution in [0.2, 0.25) is 0 Å². The molecule has 3 rings (SSSR count). The lowest BCUT2D eigenvalue weighted by Crippen LogP contribution is -2.29. The molecular formula is C18H24FN3. The highest BCUT2D eigenvalue weighted by Gasteiger charge is 2.20. The van der Waals surface area contributed by atoms with Crippen LogP contribution in [-0.2, 0) is 19.5 Å². The standard InChI is InChI=1S/C18H24FN3/c1-3-4-8-20-11-15-14-10-13(19)5-6-17(14)21-18-7-9-22(2)12-16(15)18/h5-6,10,20H,3-4,7-9,11-12H2,1-2H3. The lowest BCUT2D eigenvalue weighted by atomic mass is 9.96. The number of benzene rings is 1. The predicted molar refractivity (Wildman–Crippen MR) is 88.4 cm³/mol. The number of likely N-dealkylation sites (N-methyl/N-ethyl adjacent to an activating group) is 1. The van der Waals surface area contributed by atoms with Crippen LogP contribution in [0.5, 0.6) is 0 Å². The second kappa shape index (κ2) is 6.71. The molecule has 0 fully saturated rings. The van der Waals surface area contributed by atoms with E-state index < -0.39 is 0 Å². The number of hydrogen-bond acceptors (Lipinski definition) is 3. The Morgan fingerprint density at radius 1 is 1.36 bits per heavy atom. The second-order valence-electron chi connectivity index (χ2n) is 6.20. The monoisotopic (exact) mass is 301 g/mol. The molecule has 0 aliphatic carbocycles. The van der Waals surface area contributed by atoms with E-state index in [9.17, 15) is 4.39 Å². The van der Waals surface area contributed by atoms with Gasteiger partial charge in [0, 0.05) is 37.1 Å². The van der Waals surface area contributed by atoms with E-state index in [1.807, 2.05) is 0 Å². The Balaban J connectivity index is 2.03. The number of halogens is 1. The first-order chi connectivity index (χ1) is 10.7. The minimum absolute atomic E-state index is 0.187. The Labute approximate surface area is 131 Å². The van der Waals surface area contributed by atoms with Crippen molar-refractivity contribution in [3.05, 3.63) is 40.8 Å². The van der Waals surface area contributed by atoms with E-state index in [1.54, 1.807) is 12.1 Å². The van der Waals surface area contributed by atoms with Gasteiger partial charge in [0.05, 0.1) is 5.52 Å².